The molecule has 0 aliphatic carbocycles. The van der Waals surface area contributed by atoms with E-state index in [9.17, 15) is 4.79 Å². The zero-order valence-electron chi connectivity index (χ0n) is 16.4. The second-order valence-corrected chi connectivity index (χ2v) is 7.50. The number of aryl methyl sites for hydroxylation is 1. The molecule has 1 fully saturated rings. The second-order valence-electron chi connectivity index (χ2n) is 7.50. The summed E-state index contributed by atoms with van der Waals surface area (Å²) in [6.45, 7) is 12.9. The van der Waals surface area contributed by atoms with Gasteiger partial charge in [0.25, 0.3) is 0 Å². The van der Waals surface area contributed by atoms with Crippen LogP contribution in [0.3, 0.4) is 0 Å². The van der Waals surface area contributed by atoms with E-state index in [1.165, 1.54) is 0 Å². The van der Waals surface area contributed by atoms with E-state index in [2.05, 4.69) is 35.6 Å². The predicted octanol–water partition coefficient (Wildman–Crippen LogP) is 3.48. The molecule has 1 N–H and O–H groups in total. The van der Waals surface area contributed by atoms with Gasteiger partial charge >= 0.3 is 0 Å². The van der Waals surface area contributed by atoms with Crippen LogP contribution < -0.4 is 10.2 Å². The average Bonchev–Trinajstić information content (AvgIpc) is 2.67. The molecule has 142 valence electrons. The number of carbonyl (C=O) groups excluding carboxylic acids is 1. The van der Waals surface area contributed by atoms with Crippen molar-refractivity contribution >= 4 is 17.7 Å². The Morgan fingerprint density at radius 3 is 2.93 bits per heavy atom. The van der Waals surface area contributed by atoms with Crippen molar-refractivity contribution < 1.29 is 4.79 Å². The van der Waals surface area contributed by atoms with Gasteiger partial charge < -0.3 is 10.2 Å². The molecule has 1 saturated heterocycles. The Balaban J connectivity index is 1.91. The maximum atomic E-state index is 13.1. The van der Waals surface area contributed by atoms with Gasteiger partial charge in [-0.15, -0.1) is 0 Å². The average molecular weight is 364 g/mol. The normalized spacial score (nSPS) is 17.2. The molecule has 0 spiro atoms. The fourth-order valence-electron chi connectivity index (χ4n) is 3.59. The summed E-state index contributed by atoms with van der Waals surface area (Å²) < 4.78 is 0. The van der Waals surface area contributed by atoms with Crippen LogP contribution in [-0.2, 0) is 0 Å². The van der Waals surface area contributed by atoms with Gasteiger partial charge in [-0.3, -0.25) is 9.78 Å². The number of anilines is 1. The molecule has 0 amide bonds. The molecule has 3 heterocycles. The van der Waals surface area contributed by atoms with Gasteiger partial charge in [0, 0.05) is 48.7 Å². The monoisotopic (exact) mass is 364 g/mol. The summed E-state index contributed by atoms with van der Waals surface area (Å²) in [5.74, 6) is 1.39. The topological polar surface area (TPSA) is 58.1 Å². The van der Waals surface area contributed by atoms with Crippen LogP contribution in [0.4, 0.5) is 5.82 Å². The molecule has 5 heteroatoms. The Bertz CT molecular complexity index is 831. The molecular formula is C22H28N4O. The summed E-state index contributed by atoms with van der Waals surface area (Å²) in [6.07, 6.45) is 4.51. The van der Waals surface area contributed by atoms with Gasteiger partial charge in [0.2, 0.25) is 5.78 Å². The molecule has 1 aliphatic rings. The van der Waals surface area contributed by atoms with Crippen molar-refractivity contribution in [3.05, 3.63) is 59.6 Å². The molecule has 5 nitrogen and oxygen atoms in total. The third-order valence-electron chi connectivity index (χ3n) is 4.93. The summed E-state index contributed by atoms with van der Waals surface area (Å²) >= 11 is 0. The number of piperazine rings is 1. The Morgan fingerprint density at radius 1 is 1.41 bits per heavy atom. The molecule has 2 aromatic heterocycles. The third kappa shape index (κ3) is 4.42. The minimum absolute atomic E-state index is 0.105. The first-order valence-corrected chi connectivity index (χ1v) is 9.57. The molecule has 0 bridgehead atoms. The zero-order chi connectivity index (χ0) is 19.4. The first kappa shape index (κ1) is 19.2. The largest absolute Gasteiger partial charge is 0.354 e. The van der Waals surface area contributed by atoms with Crippen molar-refractivity contribution in [2.45, 2.75) is 33.2 Å². The molecule has 27 heavy (non-hydrogen) atoms. The maximum Gasteiger partial charge on any atom is 0.213 e. The van der Waals surface area contributed by atoms with Gasteiger partial charge in [-0.2, -0.15) is 0 Å². The van der Waals surface area contributed by atoms with Crippen molar-refractivity contribution in [3.63, 3.8) is 0 Å². The van der Waals surface area contributed by atoms with Crippen molar-refractivity contribution in [2.75, 3.05) is 24.5 Å². The van der Waals surface area contributed by atoms with Crippen molar-refractivity contribution in [1.29, 1.82) is 0 Å². The van der Waals surface area contributed by atoms with E-state index in [4.69, 9.17) is 4.98 Å². The summed E-state index contributed by atoms with van der Waals surface area (Å²) in [7, 11) is 0. The molecule has 0 unspecified atom stereocenters. The van der Waals surface area contributed by atoms with Gasteiger partial charge in [-0.05, 0) is 43.5 Å². The molecular weight excluding hydrogens is 336 g/mol. The van der Waals surface area contributed by atoms with Crippen LogP contribution in [0.1, 0.15) is 47.6 Å². The van der Waals surface area contributed by atoms with Gasteiger partial charge in [0.05, 0.1) is 0 Å². The van der Waals surface area contributed by atoms with Gasteiger partial charge in [-0.25, -0.2) is 4.98 Å². The maximum absolute atomic E-state index is 13.1. The van der Waals surface area contributed by atoms with Crippen LogP contribution in [0.2, 0.25) is 0 Å². The van der Waals surface area contributed by atoms with Crippen LogP contribution in [0, 0.1) is 12.8 Å². The summed E-state index contributed by atoms with van der Waals surface area (Å²) in [5.41, 5.74) is 2.49. The fraction of sp³-hybridized carbons (Fsp3) is 0.409. The quantitative estimate of drug-likeness (QED) is 0.795. The second kappa shape index (κ2) is 8.44. The highest BCUT2D eigenvalue weighted by molar-refractivity contribution is 6.10. The Labute approximate surface area is 161 Å². The van der Waals surface area contributed by atoms with E-state index in [0.29, 0.717) is 28.9 Å². The smallest absolute Gasteiger partial charge is 0.213 e. The molecule has 0 aromatic carbocycles. The van der Waals surface area contributed by atoms with Crippen LogP contribution in [-0.4, -0.2) is 41.4 Å². The summed E-state index contributed by atoms with van der Waals surface area (Å²) in [6, 6.07) is 7.95. The molecule has 0 saturated carbocycles. The highest BCUT2D eigenvalue weighted by atomic mass is 16.1. The van der Waals surface area contributed by atoms with E-state index >= 15 is 0 Å². The summed E-state index contributed by atoms with van der Waals surface area (Å²) in [4.78, 5) is 24.4. The van der Waals surface area contributed by atoms with E-state index in [-0.39, 0.29) is 5.78 Å². The van der Waals surface area contributed by atoms with Crippen LogP contribution >= 0.6 is 0 Å². The standard InChI is InChI=1S/C22H28N4O/c1-5-17-8-9-20(26-12-11-24-18(14-26)13-15(2)3)25-21(17)22(27)19-7-6-10-23-16(19)4/h5-10,15,18,24H,1,11-14H2,2-4H3/t18-/m0/s1. The number of aromatic nitrogens is 2. The molecule has 2 aromatic rings. The Kier molecular flexibility index (Phi) is 6.01. The lowest BCUT2D eigenvalue weighted by atomic mass is 10.0. The van der Waals surface area contributed by atoms with E-state index < -0.39 is 0 Å². The van der Waals surface area contributed by atoms with E-state index in [1.54, 1.807) is 24.4 Å². The number of carbonyl (C=O) groups is 1. The SMILES string of the molecule is C=Cc1ccc(N2CCN[C@@H](CC(C)C)C2)nc1C(=O)c1cccnc1C. The van der Waals surface area contributed by atoms with Gasteiger partial charge in [-0.1, -0.05) is 26.5 Å². The highest BCUT2D eigenvalue weighted by Gasteiger charge is 2.23. The fourth-order valence-corrected chi connectivity index (χ4v) is 3.59. The lowest BCUT2D eigenvalue weighted by molar-refractivity contribution is 0.103. The third-order valence-corrected chi connectivity index (χ3v) is 4.93. The van der Waals surface area contributed by atoms with Crippen LogP contribution in [0.25, 0.3) is 6.08 Å². The highest BCUT2D eigenvalue weighted by Crippen LogP contribution is 2.22. The lowest BCUT2D eigenvalue weighted by Gasteiger charge is -2.35. The van der Waals surface area contributed by atoms with E-state index in [1.807, 2.05) is 19.1 Å². The number of nitrogens with zero attached hydrogens (tertiary/aromatic N) is 3. The van der Waals surface area contributed by atoms with Crippen LogP contribution in [0.5, 0.6) is 0 Å². The molecule has 3 rings (SSSR count). The first-order valence-electron chi connectivity index (χ1n) is 9.57. The number of hydrogen-bond donors (Lipinski definition) is 1. The molecule has 0 radical (unpaired) electrons. The number of ketones is 1. The number of pyridine rings is 2. The summed E-state index contributed by atoms with van der Waals surface area (Å²) in [5, 5.41) is 3.58. The van der Waals surface area contributed by atoms with Crippen molar-refractivity contribution in [2.24, 2.45) is 5.92 Å². The Morgan fingerprint density at radius 2 is 2.22 bits per heavy atom. The Hall–Kier alpha value is -2.53. The number of hydrogen-bond acceptors (Lipinski definition) is 5. The minimum atomic E-state index is -0.105. The predicted molar refractivity (Wildman–Crippen MR) is 110 cm³/mol. The van der Waals surface area contributed by atoms with E-state index in [0.717, 1.165) is 37.4 Å². The molecule has 1 aliphatic heterocycles. The number of rotatable bonds is 6. The van der Waals surface area contributed by atoms with Crippen molar-refractivity contribution in [1.82, 2.24) is 15.3 Å². The zero-order valence-corrected chi connectivity index (χ0v) is 16.4. The van der Waals surface area contributed by atoms with Crippen molar-refractivity contribution in [3.8, 4) is 0 Å². The van der Waals surface area contributed by atoms with Gasteiger partial charge in [0.1, 0.15) is 11.5 Å². The first-order chi connectivity index (χ1) is 13.0. The molecule has 1 atom stereocenters. The van der Waals surface area contributed by atoms with Gasteiger partial charge in [0.15, 0.2) is 0 Å². The lowest BCUT2D eigenvalue weighted by Crippen LogP contribution is -2.51. The number of nitrogens with one attached hydrogen (secondary N) is 1. The minimum Gasteiger partial charge on any atom is -0.354 e. The van der Waals surface area contributed by atoms with Crippen LogP contribution in [0.15, 0.2) is 37.0 Å².